The zero-order valence-electron chi connectivity index (χ0n) is 7.49. The SMILES string of the molecule is Nc1ccc2c(c1)[nH]c1ncccc12. The van der Waals surface area contributed by atoms with E-state index in [2.05, 4.69) is 16.0 Å². The first-order valence-corrected chi connectivity index (χ1v) is 4.46. The van der Waals surface area contributed by atoms with E-state index in [1.54, 1.807) is 6.20 Å². The van der Waals surface area contributed by atoms with Gasteiger partial charge in [-0.2, -0.15) is 0 Å². The quantitative estimate of drug-likeness (QED) is 0.525. The first-order chi connectivity index (χ1) is 6.84. The van der Waals surface area contributed by atoms with Gasteiger partial charge >= 0.3 is 0 Å². The Kier molecular flexibility index (Phi) is 1.31. The van der Waals surface area contributed by atoms with Gasteiger partial charge in [-0.15, -0.1) is 0 Å². The van der Waals surface area contributed by atoms with Gasteiger partial charge < -0.3 is 10.7 Å². The Bertz CT molecular complexity index is 610. The highest BCUT2D eigenvalue weighted by Gasteiger charge is 2.03. The second-order valence-electron chi connectivity index (χ2n) is 3.33. The molecule has 3 aromatic rings. The van der Waals surface area contributed by atoms with E-state index in [0.717, 1.165) is 22.2 Å². The molecule has 68 valence electrons. The van der Waals surface area contributed by atoms with Crippen LogP contribution >= 0.6 is 0 Å². The highest BCUT2D eigenvalue weighted by Crippen LogP contribution is 2.24. The zero-order chi connectivity index (χ0) is 9.54. The molecule has 0 saturated carbocycles. The van der Waals surface area contributed by atoms with Crippen LogP contribution in [-0.2, 0) is 0 Å². The van der Waals surface area contributed by atoms with Gasteiger partial charge in [-0.25, -0.2) is 4.98 Å². The number of nitrogens with zero attached hydrogens (tertiary/aromatic N) is 1. The molecule has 0 bridgehead atoms. The molecule has 0 amide bonds. The first-order valence-electron chi connectivity index (χ1n) is 4.46. The maximum atomic E-state index is 5.71. The van der Waals surface area contributed by atoms with Gasteiger partial charge in [0.15, 0.2) is 0 Å². The fraction of sp³-hybridized carbons (Fsp3) is 0. The van der Waals surface area contributed by atoms with E-state index in [9.17, 15) is 0 Å². The van der Waals surface area contributed by atoms with E-state index in [1.165, 1.54) is 5.39 Å². The fourth-order valence-electron chi connectivity index (χ4n) is 1.75. The molecule has 3 nitrogen and oxygen atoms in total. The first kappa shape index (κ1) is 7.38. The molecule has 14 heavy (non-hydrogen) atoms. The highest BCUT2D eigenvalue weighted by molar-refractivity contribution is 6.06. The van der Waals surface area contributed by atoms with Crippen LogP contribution in [0.5, 0.6) is 0 Å². The summed E-state index contributed by atoms with van der Waals surface area (Å²) in [7, 11) is 0. The molecule has 1 aromatic carbocycles. The second kappa shape index (κ2) is 2.48. The molecule has 2 aromatic heterocycles. The van der Waals surface area contributed by atoms with Crippen molar-refractivity contribution >= 4 is 27.6 Å². The van der Waals surface area contributed by atoms with Gasteiger partial charge in [0.2, 0.25) is 0 Å². The van der Waals surface area contributed by atoms with Crippen LogP contribution in [0.3, 0.4) is 0 Å². The van der Waals surface area contributed by atoms with Gasteiger partial charge in [0.25, 0.3) is 0 Å². The number of aromatic amines is 1. The Morgan fingerprint density at radius 1 is 1.14 bits per heavy atom. The number of pyridine rings is 1. The third kappa shape index (κ3) is 0.893. The minimum absolute atomic E-state index is 0.768. The van der Waals surface area contributed by atoms with Crippen molar-refractivity contribution in [3.63, 3.8) is 0 Å². The number of nitrogens with two attached hydrogens (primary N) is 1. The third-order valence-electron chi connectivity index (χ3n) is 2.39. The van der Waals surface area contributed by atoms with Crippen LogP contribution in [0.15, 0.2) is 36.5 Å². The molecule has 0 spiro atoms. The van der Waals surface area contributed by atoms with Crippen molar-refractivity contribution in [2.45, 2.75) is 0 Å². The molecule has 0 unspecified atom stereocenters. The van der Waals surface area contributed by atoms with Gasteiger partial charge in [-0.05, 0) is 24.3 Å². The molecular weight excluding hydrogens is 174 g/mol. The predicted octanol–water partition coefficient (Wildman–Crippen LogP) is 2.30. The summed E-state index contributed by atoms with van der Waals surface area (Å²) in [4.78, 5) is 7.48. The maximum Gasteiger partial charge on any atom is 0.138 e. The number of nitrogens with one attached hydrogen (secondary N) is 1. The normalized spacial score (nSPS) is 11.1. The number of benzene rings is 1. The van der Waals surface area contributed by atoms with Crippen LogP contribution in [0.25, 0.3) is 21.9 Å². The molecular formula is C11H9N3. The van der Waals surface area contributed by atoms with Crippen molar-refractivity contribution in [2.24, 2.45) is 0 Å². The van der Waals surface area contributed by atoms with Crippen molar-refractivity contribution in [1.82, 2.24) is 9.97 Å². The molecule has 3 N–H and O–H groups in total. The van der Waals surface area contributed by atoms with Crippen molar-refractivity contribution < 1.29 is 0 Å². The van der Waals surface area contributed by atoms with Gasteiger partial charge in [0.05, 0.1) is 0 Å². The minimum atomic E-state index is 0.768. The van der Waals surface area contributed by atoms with Crippen LogP contribution in [0.4, 0.5) is 5.69 Å². The Morgan fingerprint density at radius 3 is 3.00 bits per heavy atom. The smallest absolute Gasteiger partial charge is 0.138 e. The topological polar surface area (TPSA) is 54.7 Å². The third-order valence-corrected chi connectivity index (χ3v) is 2.39. The van der Waals surface area contributed by atoms with Crippen molar-refractivity contribution in [2.75, 3.05) is 5.73 Å². The lowest BCUT2D eigenvalue weighted by Gasteiger charge is -1.92. The minimum Gasteiger partial charge on any atom is -0.399 e. The van der Waals surface area contributed by atoms with E-state index in [1.807, 2.05) is 24.3 Å². The Labute approximate surface area is 80.6 Å². The molecule has 2 heterocycles. The van der Waals surface area contributed by atoms with Gasteiger partial charge in [0, 0.05) is 28.2 Å². The molecule has 3 rings (SSSR count). The molecule has 0 saturated heterocycles. The molecule has 0 fully saturated rings. The lowest BCUT2D eigenvalue weighted by atomic mass is 10.2. The number of hydrogen-bond donors (Lipinski definition) is 2. The van der Waals surface area contributed by atoms with Crippen LogP contribution in [0.1, 0.15) is 0 Å². The fourth-order valence-corrected chi connectivity index (χ4v) is 1.75. The Hall–Kier alpha value is -2.03. The molecule has 3 heteroatoms. The summed E-state index contributed by atoms with van der Waals surface area (Å²) in [5.74, 6) is 0. The molecule has 0 radical (unpaired) electrons. The van der Waals surface area contributed by atoms with E-state index in [4.69, 9.17) is 5.73 Å². The average molecular weight is 183 g/mol. The number of fused-ring (bicyclic) bond motifs is 3. The van der Waals surface area contributed by atoms with Gasteiger partial charge in [-0.3, -0.25) is 0 Å². The van der Waals surface area contributed by atoms with E-state index < -0.39 is 0 Å². The molecule has 0 aliphatic carbocycles. The van der Waals surface area contributed by atoms with Crippen LogP contribution < -0.4 is 5.73 Å². The van der Waals surface area contributed by atoms with Gasteiger partial charge in [0.1, 0.15) is 5.65 Å². The Morgan fingerprint density at radius 2 is 2.07 bits per heavy atom. The predicted molar refractivity (Wildman–Crippen MR) is 58.0 cm³/mol. The standard InChI is InChI=1S/C11H9N3/c12-7-3-4-8-9-2-1-5-13-11(9)14-10(8)6-7/h1-6H,12H2,(H,13,14). The number of aromatic nitrogens is 2. The van der Waals surface area contributed by atoms with Crippen LogP contribution in [0.2, 0.25) is 0 Å². The van der Waals surface area contributed by atoms with E-state index in [-0.39, 0.29) is 0 Å². The lowest BCUT2D eigenvalue weighted by Crippen LogP contribution is -1.82. The number of H-pyrrole nitrogens is 1. The monoisotopic (exact) mass is 183 g/mol. The molecule has 0 aliphatic heterocycles. The summed E-state index contributed by atoms with van der Waals surface area (Å²) in [6.07, 6.45) is 1.78. The van der Waals surface area contributed by atoms with Crippen molar-refractivity contribution in [1.29, 1.82) is 0 Å². The van der Waals surface area contributed by atoms with Gasteiger partial charge in [-0.1, -0.05) is 6.07 Å². The largest absolute Gasteiger partial charge is 0.399 e. The van der Waals surface area contributed by atoms with Crippen LogP contribution in [0, 0.1) is 0 Å². The summed E-state index contributed by atoms with van der Waals surface area (Å²) in [6.45, 7) is 0. The molecule has 0 atom stereocenters. The van der Waals surface area contributed by atoms with Crippen LogP contribution in [-0.4, -0.2) is 9.97 Å². The number of nitrogen functional groups attached to an aromatic ring is 1. The van der Waals surface area contributed by atoms with Crippen molar-refractivity contribution in [3.8, 4) is 0 Å². The maximum absolute atomic E-state index is 5.71. The summed E-state index contributed by atoms with van der Waals surface area (Å²) < 4.78 is 0. The Balaban J connectivity index is 2.57. The second-order valence-corrected chi connectivity index (χ2v) is 3.33. The average Bonchev–Trinajstić information content (AvgIpc) is 2.54. The van der Waals surface area contributed by atoms with E-state index >= 15 is 0 Å². The summed E-state index contributed by atoms with van der Waals surface area (Å²) >= 11 is 0. The highest BCUT2D eigenvalue weighted by atomic mass is 14.8. The number of hydrogen-bond acceptors (Lipinski definition) is 2. The van der Waals surface area contributed by atoms with Crippen molar-refractivity contribution in [3.05, 3.63) is 36.5 Å². The number of rotatable bonds is 0. The summed E-state index contributed by atoms with van der Waals surface area (Å²) in [5.41, 5.74) is 8.42. The lowest BCUT2D eigenvalue weighted by molar-refractivity contribution is 1.35. The number of anilines is 1. The summed E-state index contributed by atoms with van der Waals surface area (Å²) in [5, 5.41) is 2.31. The zero-order valence-corrected chi connectivity index (χ0v) is 7.49. The van der Waals surface area contributed by atoms with E-state index in [0.29, 0.717) is 0 Å². The molecule has 0 aliphatic rings. The summed E-state index contributed by atoms with van der Waals surface area (Å²) in [6, 6.07) is 9.84.